The van der Waals surface area contributed by atoms with E-state index in [0.29, 0.717) is 13.0 Å². The highest BCUT2D eigenvalue weighted by atomic mass is 32.2. The maximum absolute atomic E-state index is 13.6. The van der Waals surface area contributed by atoms with Gasteiger partial charge in [0.05, 0.1) is 0 Å². The molecule has 1 aromatic rings. The van der Waals surface area contributed by atoms with E-state index in [2.05, 4.69) is 0 Å². The van der Waals surface area contributed by atoms with Crippen LogP contribution in [0, 0.1) is 17.0 Å². The molecular weight excluding hydrogens is 274 g/mol. The van der Waals surface area contributed by atoms with E-state index in [0.717, 1.165) is 22.5 Å². The molecule has 0 amide bonds. The summed E-state index contributed by atoms with van der Waals surface area (Å²) in [5, 5.41) is 0. The van der Waals surface area contributed by atoms with Crippen LogP contribution in [0.4, 0.5) is 8.78 Å². The number of sulfonamides is 1. The van der Waals surface area contributed by atoms with Crippen molar-refractivity contribution in [1.29, 1.82) is 0 Å². The Labute approximate surface area is 111 Å². The summed E-state index contributed by atoms with van der Waals surface area (Å²) in [4.78, 5) is -0.878. The second-order valence-electron chi connectivity index (χ2n) is 5.15. The lowest BCUT2D eigenvalue weighted by Crippen LogP contribution is -2.35. The topological polar surface area (TPSA) is 63.4 Å². The fraction of sp³-hybridized carbons (Fsp3) is 0.500. The smallest absolute Gasteiger partial charge is 0.248 e. The van der Waals surface area contributed by atoms with Crippen molar-refractivity contribution in [3.63, 3.8) is 0 Å². The summed E-state index contributed by atoms with van der Waals surface area (Å²) >= 11 is 0. The van der Waals surface area contributed by atoms with Gasteiger partial charge in [-0.15, -0.1) is 0 Å². The summed E-state index contributed by atoms with van der Waals surface area (Å²) in [5.41, 5.74) is 5.26. The average Bonchev–Trinajstić information content (AvgIpc) is 2.73. The molecule has 1 aromatic carbocycles. The van der Waals surface area contributed by atoms with Crippen LogP contribution in [0.2, 0.25) is 0 Å². The van der Waals surface area contributed by atoms with Crippen molar-refractivity contribution in [2.24, 2.45) is 11.1 Å². The minimum Gasteiger partial charge on any atom is -0.330 e. The molecular formula is C12H16F2N2O2S. The normalized spacial score (nSPS) is 24.8. The molecule has 0 spiro atoms. The summed E-state index contributed by atoms with van der Waals surface area (Å²) in [6, 6.07) is 3.01. The highest BCUT2D eigenvalue weighted by molar-refractivity contribution is 7.89. The van der Waals surface area contributed by atoms with Gasteiger partial charge < -0.3 is 5.73 Å². The Balaban J connectivity index is 2.40. The van der Waals surface area contributed by atoms with Gasteiger partial charge in [-0.3, -0.25) is 0 Å². The Hall–Kier alpha value is -1.05. The van der Waals surface area contributed by atoms with Crippen LogP contribution in [-0.4, -0.2) is 32.4 Å². The van der Waals surface area contributed by atoms with E-state index in [-0.39, 0.29) is 18.5 Å². The van der Waals surface area contributed by atoms with Crippen molar-refractivity contribution >= 4 is 10.0 Å². The summed E-state index contributed by atoms with van der Waals surface area (Å²) < 4.78 is 52.9. The molecule has 0 saturated carbocycles. The molecule has 2 rings (SSSR count). The third-order valence-corrected chi connectivity index (χ3v) is 5.43. The maximum Gasteiger partial charge on any atom is 0.248 e. The number of benzene rings is 1. The molecule has 0 aromatic heterocycles. The number of halogens is 2. The largest absolute Gasteiger partial charge is 0.330 e. The lowest BCUT2D eigenvalue weighted by molar-refractivity contribution is 0.348. The van der Waals surface area contributed by atoms with Crippen molar-refractivity contribution in [2.75, 3.05) is 19.6 Å². The molecule has 106 valence electrons. The van der Waals surface area contributed by atoms with Crippen LogP contribution in [0.5, 0.6) is 0 Å². The van der Waals surface area contributed by atoms with Gasteiger partial charge in [0.25, 0.3) is 0 Å². The molecule has 1 saturated heterocycles. The van der Waals surface area contributed by atoms with Crippen molar-refractivity contribution in [3.8, 4) is 0 Å². The zero-order valence-corrected chi connectivity index (χ0v) is 11.4. The summed E-state index contributed by atoms with van der Waals surface area (Å²) in [7, 11) is -4.15. The third-order valence-electron chi connectivity index (χ3n) is 3.53. The maximum atomic E-state index is 13.6. The number of rotatable bonds is 3. The zero-order chi connectivity index (χ0) is 14.3. The number of nitrogens with two attached hydrogens (primary N) is 1. The Bertz CT molecular complexity index is 571. The number of hydrogen-bond donors (Lipinski definition) is 1. The van der Waals surface area contributed by atoms with Gasteiger partial charge >= 0.3 is 0 Å². The van der Waals surface area contributed by atoms with E-state index in [1.807, 2.05) is 6.92 Å². The predicted octanol–water partition coefficient (Wildman–Crippen LogP) is 1.32. The minimum absolute atomic E-state index is 0.180. The first kappa shape index (κ1) is 14.4. The molecule has 2 N–H and O–H groups in total. The lowest BCUT2D eigenvalue weighted by atomic mass is 9.90. The molecule has 1 heterocycles. The van der Waals surface area contributed by atoms with Crippen molar-refractivity contribution in [1.82, 2.24) is 4.31 Å². The Kier molecular flexibility index (Phi) is 3.63. The Morgan fingerprint density at radius 2 is 1.95 bits per heavy atom. The van der Waals surface area contributed by atoms with Crippen LogP contribution in [0.15, 0.2) is 23.1 Å². The SMILES string of the molecule is CC1(CN)CCN(S(=O)(=O)c2c(F)cccc2F)C1. The standard InChI is InChI=1S/C12H16F2N2O2S/c1-12(7-15)5-6-16(8-12)19(17,18)11-9(13)3-2-4-10(11)14/h2-4H,5-8,15H2,1H3. The number of hydrogen-bond acceptors (Lipinski definition) is 3. The first-order valence-corrected chi connectivity index (χ1v) is 7.38. The first-order chi connectivity index (χ1) is 8.80. The summed E-state index contributed by atoms with van der Waals surface area (Å²) in [6.07, 6.45) is 0.582. The van der Waals surface area contributed by atoms with Gasteiger partial charge in [0.1, 0.15) is 11.6 Å². The monoisotopic (exact) mass is 290 g/mol. The molecule has 0 aliphatic carbocycles. The van der Waals surface area contributed by atoms with Gasteiger partial charge in [-0.25, -0.2) is 17.2 Å². The average molecular weight is 290 g/mol. The molecule has 1 unspecified atom stereocenters. The van der Waals surface area contributed by atoms with Gasteiger partial charge in [-0.1, -0.05) is 13.0 Å². The van der Waals surface area contributed by atoms with Crippen LogP contribution < -0.4 is 5.73 Å². The van der Waals surface area contributed by atoms with Gasteiger partial charge in [0, 0.05) is 13.1 Å². The predicted molar refractivity (Wildman–Crippen MR) is 66.9 cm³/mol. The minimum atomic E-state index is -4.15. The van der Waals surface area contributed by atoms with Crippen molar-refractivity contribution in [2.45, 2.75) is 18.2 Å². The van der Waals surface area contributed by atoms with Gasteiger partial charge in [-0.05, 0) is 30.5 Å². The molecule has 1 aliphatic heterocycles. The van der Waals surface area contributed by atoms with E-state index < -0.39 is 26.6 Å². The zero-order valence-electron chi connectivity index (χ0n) is 10.6. The van der Waals surface area contributed by atoms with Crippen molar-refractivity contribution < 1.29 is 17.2 Å². The van der Waals surface area contributed by atoms with Gasteiger partial charge in [-0.2, -0.15) is 4.31 Å². The Morgan fingerprint density at radius 1 is 1.37 bits per heavy atom. The molecule has 19 heavy (non-hydrogen) atoms. The first-order valence-electron chi connectivity index (χ1n) is 5.94. The Morgan fingerprint density at radius 3 is 2.42 bits per heavy atom. The van der Waals surface area contributed by atoms with E-state index in [9.17, 15) is 17.2 Å². The second-order valence-corrected chi connectivity index (χ2v) is 7.03. The van der Waals surface area contributed by atoms with Crippen LogP contribution in [-0.2, 0) is 10.0 Å². The van der Waals surface area contributed by atoms with Crippen LogP contribution in [0.1, 0.15) is 13.3 Å². The molecule has 1 aliphatic rings. The summed E-state index contributed by atoms with van der Waals surface area (Å²) in [6.45, 7) is 2.60. The highest BCUT2D eigenvalue weighted by Crippen LogP contribution is 2.33. The quantitative estimate of drug-likeness (QED) is 0.913. The molecule has 1 fully saturated rings. The van der Waals surface area contributed by atoms with Gasteiger partial charge in [0.15, 0.2) is 4.90 Å². The molecule has 1 atom stereocenters. The molecule has 7 heteroatoms. The van der Waals surface area contributed by atoms with E-state index in [4.69, 9.17) is 5.73 Å². The molecule has 0 bridgehead atoms. The second kappa shape index (κ2) is 4.81. The van der Waals surface area contributed by atoms with Crippen molar-refractivity contribution in [3.05, 3.63) is 29.8 Å². The van der Waals surface area contributed by atoms with E-state index in [1.165, 1.54) is 0 Å². The highest BCUT2D eigenvalue weighted by Gasteiger charge is 2.40. The van der Waals surface area contributed by atoms with Gasteiger partial charge in [0.2, 0.25) is 10.0 Å². The van der Waals surface area contributed by atoms with Crippen LogP contribution in [0.3, 0.4) is 0 Å². The van der Waals surface area contributed by atoms with E-state index >= 15 is 0 Å². The lowest BCUT2D eigenvalue weighted by Gasteiger charge is -2.22. The van der Waals surface area contributed by atoms with Crippen LogP contribution in [0.25, 0.3) is 0 Å². The molecule has 0 radical (unpaired) electrons. The summed E-state index contributed by atoms with van der Waals surface area (Å²) in [5.74, 6) is -2.14. The molecule has 4 nitrogen and oxygen atoms in total. The number of nitrogens with zero attached hydrogens (tertiary/aromatic N) is 1. The van der Waals surface area contributed by atoms with Crippen LogP contribution >= 0.6 is 0 Å². The van der Waals surface area contributed by atoms with E-state index in [1.54, 1.807) is 0 Å². The third kappa shape index (κ3) is 2.50. The fourth-order valence-corrected chi connectivity index (χ4v) is 3.91. The fourth-order valence-electron chi connectivity index (χ4n) is 2.21.